The van der Waals surface area contributed by atoms with E-state index in [0.29, 0.717) is 24.8 Å². The Hall–Kier alpha value is -2.04. The molecule has 0 spiro atoms. The first-order chi connectivity index (χ1) is 13.5. The van der Waals surface area contributed by atoms with Crippen molar-refractivity contribution in [1.29, 1.82) is 0 Å². The van der Waals surface area contributed by atoms with Gasteiger partial charge in [-0.15, -0.1) is 23.2 Å². The molecule has 0 aliphatic heterocycles. The Morgan fingerprint density at radius 2 is 1.90 bits per heavy atom. The average molecular weight is 465 g/mol. The Balaban J connectivity index is 2.33. The maximum Gasteiger partial charge on any atom is 0.435 e. The van der Waals surface area contributed by atoms with Crippen LogP contribution in [0, 0.1) is 17.0 Å². The summed E-state index contributed by atoms with van der Waals surface area (Å²) in [6.45, 7) is 5.61. The predicted octanol–water partition coefficient (Wildman–Crippen LogP) is 3.49. The maximum atomic E-state index is 12.9. The Morgan fingerprint density at radius 3 is 2.41 bits per heavy atom. The van der Waals surface area contributed by atoms with Gasteiger partial charge in [0.15, 0.2) is 0 Å². The number of hydrogen-bond acceptors (Lipinski definition) is 7. The van der Waals surface area contributed by atoms with Crippen LogP contribution in [0.1, 0.15) is 19.4 Å². The third-order valence-electron chi connectivity index (χ3n) is 4.40. The van der Waals surface area contributed by atoms with Crippen LogP contribution in [0.3, 0.4) is 0 Å². The summed E-state index contributed by atoms with van der Waals surface area (Å²) in [5, 5.41) is 11.1. The Kier molecular flexibility index (Phi) is 7.36. The van der Waals surface area contributed by atoms with Crippen molar-refractivity contribution in [1.82, 2.24) is 9.55 Å². The van der Waals surface area contributed by atoms with Crippen molar-refractivity contribution in [3.63, 3.8) is 0 Å². The molecule has 0 aliphatic rings. The van der Waals surface area contributed by atoms with E-state index in [2.05, 4.69) is 4.98 Å². The van der Waals surface area contributed by atoms with E-state index in [1.165, 1.54) is 26.1 Å². The molecule has 0 saturated carbocycles. The molecule has 0 unspecified atom stereocenters. The second kappa shape index (κ2) is 9.19. The standard InChI is InChI=1S/C17H22Cl2N4O5S/c1-13-12-14(4-5-15(13)21(9-6-18)10-7-19)28-29(26,27)17(2,3)22-11-8-20-16(22)23(24)25/h4-5,8,11-12H,6-7,9-10H2,1-3H3. The third-order valence-corrected chi connectivity index (χ3v) is 6.57. The summed E-state index contributed by atoms with van der Waals surface area (Å²) in [6.07, 6.45) is 2.39. The lowest BCUT2D eigenvalue weighted by Gasteiger charge is -2.26. The van der Waals surface area contributed by atoms with E-state index < -0.39 is 25.9 Å². The number of nitrogens with zero attached hydrogens (tertiary/aromatic N) is 4. The summed E-state index contributed by atoms with van der Waals surface area (Å²) in [4.78, 5) is 14.2. The molecule has 0 fully saturated rings. The van der Waals surface area contributed by atoms with Gasteiger partial charge in [0, 0.05) is 30.5 Å². The van der Waals surface area contributed by atoms with Crippen molar-refractivity contribution in [3.8, 4) is 5.75 Å². The number of alkyl halides is 2. The summed E-state index contributed by atoms with van der Waals surface area (Å²) < 4.78 is 32.0. The SMILES string of the molecule is Cc1cc(OS(=O)(=O)C(C)(C)n2ccnc2[N+](=O)[O-])ccc1N(CCCl)CCCl. The van der Waals surface area contributed by atoms with E-state index in [9.17, 15) is 18.5 Å². The van der Waals surface area contributed by atoms with Gasteiger partial charge in [0.25, 0.3) is 0 Å². The van der Waals surface area contributed by atoms with Gasteiger partial charge in [-0.1, -0.05) is 4.98 Å². The molecule has 1 aromatic heterocycles. The fraction of sp³-hybridized carbons (Fsp3) is 0.471. The van der Waals surface area contributed by atoms with Gasteiger partial charge in [-0.3, -0.25) is 0 Å². The molecule has 0 bridgehead atoms. The van der Waals surface area contributed by atoms with Crippen LogP contribution in [0.4, 0.5) is 11.6 Å². The maximum absolute atomic E-state index is 12.9. The fourth-order valence-electron chi connectivity index (χ4n) is 2.79. The molecule has 0 aliphatic carbocycles. The van der Waals surface area contributed by atoms with Crippen LogP contribution in [0.15, 0.2) is 30.6 Å². The zero-order valence-electron chi connectivity index (χ0n) is 16.2. The molecule has 2 rings (SSSR count). The molecule has 0 N–H and O–H groups in total. The molecule has 0 saturated heterocycles. The minimum atomic E-state index is -4.30. The van der Waals surface area contributed by atoms with Crippen molar-refractivity contribution >= 4 is 45.0 Å². The van der Waals surface area contributed by atoms with Crippen LogP contribution in [0.2, 0.25) is 0 Å². The van der Waals surface area contributed by atoms with Gasteiger partial charge in [0.2, 0.25) is 4.87 Å². The van der Waals surface area contributed by atoms with E-state index in [1.54, 1.807) is 12.1 Å². The minimum Gasteiger partial charge on any atom is -0.390 e. The molecule has 1 aromatic carbocycles. The molecular weight excluding hydrogens is 443 g/mol. The minimum absolute atomic E-state index is 0.0961. The number of nitro groups is 1. The smallest absolute Gasteiger partial charge is 0.390 e. The first-order valence-corrected chi connectivity index (χ1v) is 11.1. The van der Waals surface area contributed by atoms with E-state index in [-0.39, 0.29) is 5.75 Å². The topological polar surface area (TPSA) is 108 Å². The molecule has 12 heteroatoms. The highest BCUT2D eigenvalue weighted by Gasteiger charge is 2.44. The second-order valence-electron chi connectivity index (χ2n) is 6.65. The zero-order valence-corrected chi connectivity index (χ0v) is 18.5. The molecule has 0 amide bonds. The van der Waals surface area contributed by atoms with Crippen LogP contribution < -0.4 is 9.08 Å². The van der Waals surface area contributed by atoms with Crippen molar-refractivity contribution in [2.75, 3.05) is 29.7 Å². The van der Waals surface area contributed by atoms with Crippen LogP contribution in [0.25, 0.3) is 0 Å². The first kappa shape index (κ1) is 23.2. The summed E-state index contributed by atoms with van der Waals surface area (Å²) in [5.41, 5.74) is 1.64. The normalized spacial score (nSPS) is 12.0. The molecule has 29 heavy (non-hydrogen) atoms. The number of rotatable bonds is 10. The largest absolute Gasteiger partial charge is 0.435 e. The number of imidazole rings is 1. The van der Waals surface area contributed by atoms with E-state index in [0.717, 1.165) is 22.0 Å². The van der Waals surface area contributed by atoms with E-state index in [1.807, 2.05) is 11.8 Å². The van der Waals surface area contributed by atoms with Crippen LogP contribution in [-0.4, -0.2) is 47.7 Å². The predicted molar refractivity (Wildman–Crippen MR) is 113 cm³/mol. The van der Waals surface area contributed by atoms with Crippen molar-refractivity contribution in [3.05, 3.63) is 46.3 Å². The number of anilines is 1. The zero-order chi connectivity index (χ0) is 21.8. The number of aromatic nitrogens is 2. The number of aryl methyl sites for hydroxylation is 1. The van der Waals surface area contributed by atoms with Crippen molar-refractivity contribution in [2.45, 2.75) is 25.6 Å². The molecule has 160 valence electrons. The molecular formula is C17H22Cl2N4O5S. The second-order valence-corrected chi connectivity index (χ2v) is 9.48. The van der Waals surface area contributed by atoms with Crippen LogP contribution >= 0.6 is 23.2 Å². The lowest BCUT2D eigenvalue weighted by atomic mass is 10.1. The lowest BCUT2D eigenvalue weighted by Crippen LogP contribution is -2.39. The van der Waals surface area contributed by atoms with E-state index >= 15 is 0 Å². The molecule has 1 heterocycles. The van der Waals surface area contributed by atoms with Crippen LogP contribution in [0.5, 0.6) is 5.75 Å². The summed E-state index contributed by atoms with van der Waals surface area (Å²) in [6, 6.07) is 4.83. The number of halogens is 2. The van der Waals surface area contributed by atoms with Gasteiger partial charge >= 0.3 is 16.1 Å². The highest BCUT2D eigenvalue weighted by atomic mass is 35.5. The molecule has 0 atom stereocenters. The van der Waals surface area contributed by atoms with Gasteiger partial charge in [-0.2, -0.15) is 8.42 Å². The Labute approximate surface area is 179 Å². The van der Waals surface area contributed by atoms with Crippen molar-refractivity contribution in [2.24, 2.45) is 0 Å². The Morgan fingerprint density at radius 1 is 1.28 bits per heavy atom. The lowest BCUT2D eigenvalue weighted by molar-refractivity contribution is -0.397. The third kappa shape index (κ3) is 4.93. The van der Waals surface area contributed by atoms with Crippen molar-refractivity contribution < 1.29 is 17.5 Å². The number of hydrogen-bond donors (Lipinski definition) is 0. The summed E-state index contributed by atoms with van der Waals surface area (Å²) >= 11 is 11.7. The van der Waals surface area contributed by atoms with Gasteiger partial charge in [0.05, 0.1) is 0 Å². The first-order valence-electron chi connectivity index (χ1n) is 8.65. The molecule has 9 nitrogen and oxygen atoms in total. The quantitative estimate of drug-likeness (QED) is 0.229. The highest BCUT2D eigenvalue weighted by Crippen LogP contribution is 2.32. The van der Waals surface area contributed by atoms with Gasteiger partial charge in [0.1, 0.15) is 18.1 Å². The van der Waals surface area contributed by atoms with Gasteiger partial charge in [-0.25, -0.2) is 4.57 Å². The Bertz CT molecular complexity index is 972. The van der Waals surface area contributed by atoms with Gasteiger partial charge < -0.3 is 19.2 Å². The van der Waals surface area contributed by atoms with E-state index in [4.69, 9.17) is 27.4 Å². The molecule has 2 aromatic rings. The average Bonchev–Trinajstić information content (AvgIpc) is 3.12. The highest BCUT2D eigenvalue weighted by molar-refractivity contribution is 7.87. The molecule has 0 radical (unpaired) electrons. The number of benzene rings is 1. The fourth-order valence-corrected chi connectivity index (χ4v) is 4.14. The monoisotopic (exact) mass is 464 g/mol. The van der Waals surface area contributed by atoms with Gasteiger partial charge in [-0.05, 0) is 49.5 Å². The summed E-state index contributed by atoms with van der Waals surface area (Å²) in [7, 11) is -4.30. The van der Waals surface area contributed by atoms with Crippen LogP contribution in [-0.2, 0) is 15.0 Å². The summed E-state index contributed by atoms with van der Waals surface area (Å²) in [5.74, 6) is 0.340.